The maximum Gasteiger partial charge on any atom is 0.351 e. The summed E-state index contributed by atoms with van der Waals surface area (Å²) in [6, 6.07) is 57.0. The Morgan fingerprint density at radius 1 is 0.476 bits per heavy atom. The molecule has 0 saturated heterocycles. The largest absolute Gasteiger partial charge is 0.399 e. The van der Waals surface area contributed by atoms with Crippen LogP contribution in [0.4, 0.5) is 91.8 Å². The van der Waals surface area contributed by atoms with Crippen molar-refractivity contribution in [2.75, 3.05) is 38.2 Å². The number of halogens is 6. The number of para-hydroxylation sites is 4. The molecule has 15 rings (SSSR count). The van der Waals surface area contributed by atoms with E-state index < -0.39 is 15.8 Å². The normalized spacial score (nSPS) is 11.7. The molecule has 14 aromatic rings. The molecule has 1 aliphatic heterocycles. The number of nitrogens with zero attached hydrogens (tertiary/aromatic N) is 17. The third kappa shape index (κ3) is 25.1. The Labute approximate surface area is 740 Å². The monoisotopic (exact) mass is 1810 g/mol. The Kier molecular flexibility index (Phi) is 31.8. The number of amides is 1. The van der Waals surface area contributed by atoms with E-state index in [1.54, 1.807) is 91.3 Å². The number of carbonyl (C=O) groups is 1. The molecule has 13 N–H and O–H groups in total. The quantitative estimate of drug-likeness (QED) is 0.0116. The predicted molar refractivity (Wildman–Crippen MR) is 490 cm³/mol. The Balaban J connectivity index is 0.000000162. The molecule has 0 spiro atoms. The van der Waals surface area contributed by atoms with Crippen LogP contribution in [0.5, 0.6) is 0 Å². The lowest BCUT2D eigenvalue weighted by Gasteiger charge is -2.12. The number of aromatic nitrogens is 12. The van der Waals surface area contributed by atoms with Gasteiger partial charge in [-0.2, -0.15) is 53.7 Å². The van der Waals surface area contributed by atoms with E-state index >= 15 is 0 Å². The predicted octanol–water partition coefficient (Wildman–Crippen LogP) is 21.4. The Hall–Kier alpha value is -13.6. The minimum Gasteiger partial charge on any atom is -0.399 e. The average Bonchev–Trinajstić information content (AvgIpc) is 1.64. The molecule has 5 aromatic heterocycles. The molecule has 0 aliphatic carbocycles. The second kappa shape index (κ2) is 43.3. The topological polar surface area (TPSA) is 466 Å². The fourth-order valence-corrected chi connectivity index (χ4v) is 13.5. The van der Waals surface area contributed by atoms with Gasteiger partial charge in [-0.1, -0.05) is 165 Å². The highest BCUT2D eigenvalue weighted by molar-refractivity contribution is 7.86. The van der Waals surface area contributed by atoms with Crippen molar-refractivity contribution in [3.63, 3.8) is 0 Å². The highest BCUT2D eigenvalue weighted by Crippen LogP contribution is 2.34. The number of aryl methyl sites for hydroxylation is 4. The Morgan fingerprint density at radius 3 is 1.46 bits per heavy atom. The molecule has 1 aliphatic rings. The smallest absolute Gasteiger partial charge is 0.351 e. The molecule has 0 atom stereocenters. The van der Waals surface area contributed by atoms with Crippen LogP contribution in [0.2, 0.25) is 30.7 Å². The fourth-order valence-electron chi connectivity index (χ4n) is 11.6. The lowest BCUT2D eigenvalue weighted by Crippen LogP contribution is -2.19. The molecule has 0 unspecified atom stereocenters. The van der Waals surface area contributed by atoms with Gasteiger partial charge in [0.1, 0.15) is 10.6 Å². The summed E-state index contributed by atoms with van der Waals surface area (Å²) >= 11 is 36.2. The fraction of sp³-hybridized carbons (Fsp3) is 0.155. The van der Waals surface area contributed by atoms with E-state index in [9.17, 15) is 27.6 Å². The van der Waals surface area contributed by atoms with Crippen molar-refractivity contribution in [1.29, 1.82) is 0 Å². The lowest BCUT2D eigenvalue weighted by atomic mass is 10.1. The number of nitrogens with two attached hydrogens (primary N) is 3. The Bertz CT molecular complexity index is 6550. The van der Waals surface area contributed by atoms with Gasteiger partial charge in [0.05, 0.1) is 96.3 Å². The molecule has 40 heteroatoms. The number of aromatic amines is 3. The van der Waals surface area contributed by atoms with Gasteiger partial charge in [-0.25, -0.2) is 18.8 Å². The average molecular weight is 1810 g/mol. The summed E-state index contributed by atoms with van der Waals surface area (Å²) in [5.41, 5.74) is 28.4. The van der Waals surface area contributed by atoms with Crippen molar-refractivity contribution in [1.82, 2.24) is 59.2 Å². The van der Waals surface area contributed by atoms with Crippen LogP contribution in [-0.4, -0.2) is 84.3 Å². The second-order valence-corrected chi connectivity index (χ2v) is 30.8. The van der Waals surface area contributed by atoms with E-state index in [-0.39, 0.29) is 67.4 Å². The first-order valence-electron chi connectivity index (χ1n) is 38.0. The standard InChI is InChI=1S/C31H32ClN9O2.C19H13Cl3N8O.C19H20ClN5.C9H7ClN2O.C6H8N2O3S/c1-3-4-5-6-9-21-13-16-22(17-14-21)34-29-36-30(38-31(43)37-29)35-23-15-12-20(2)25(18-23)39-40-26-19-33-41(28(26)42)27-11-8-7-10-24(27)32;1-10-6-7-11(24-19-26-17(21)25-18(22)27-19)8-13(10)28-29-14-9-23-30(16(14)31)15-5-3-2-4-12(15)20;1-3-6-19-17(24-23-16-11-14(21)10-9-13(16)2)12-22-25(19)18-8-5-4-7-15(18)20;10-7-3-1-2-4-8(7)12-9(13)5-6-11-12;7-4-1-2-6(5(8)3-4)12(9,10)11/h7-8,10-19,33H,3-6,9H2,1-2H3,(H3,34,35,36,37,38,43);2-9,23H,1H3,(H,24,25,26,27);4-5,7-12H,3,6,21H2,1-2H3;1-4,6H,5H2;1-3H,7-8H2,(H,9,10,11). The van der Waals surface area contributed by atoms with Crippen LogP contribution in [0.15, 0.2) is 268 Å². The van der Waals surface area contributed by atoms with Crippen LogP contribution in [0.25, 0.3) is 17.1 Å². The van der Waals surface area contributed by atoms with E-state index in [1.807, 2.05) is 110 Å². The number of hydrazone groups is 1. The highest BCUT2D eigenvalue weighted by Gasteiger charge is 2.22. The number of unbranched alkanes of at least 4 members (excludes halogenated alkanes) is 3. The number of benzene rings is 9. The number of anilines is 10. The molecule has 33 nitrogen and oxygen atoms in total. The van der Waals surface area contributed by atoms with E-state index in [0.29, 0.717) is 77.7 Å². The highest BCUT2D eigenvalue weighted by atomic mass is 35.5. The number of hydrogen-bond donors (Lipinski definition) is 10. The summed E-state index contributed by atoms with van der Waals surface area (Å²) in [5.74, 6) is 0.504. The molecule has 124 heavy (non-hydrogen) atoms. The molecule has 0 bridgehead atoms. The van der Waals surface area contributed by atoms with Crippen molar-refractivity contribution in [3.8, 4) is 17.1 Å². The minimum atomic E-state index is -4.23. The van der Waals surface area contributed by atoms with Gasteiger partial charge in [0, 0.05) is 34.7 Å². The van der Waals surface area contributed by atoms with Gasteiger partial charge in [0.2, 0.25) is 28.4 Å². The summed E-state index contributed by atoms with van der Waals surface area (Å²) in [5, 5.41) is 52.1. The molecule has 0 fully saturated rings. The van der Waals surface area contributed by atoms with E-state index in [4.69, 9.17) is 91.4 Å². The third-order valence-electron chi connectivity index (χ3n) is 17.9. The molecule has 6 heterocycles. The summed E-state index contributed by atoms with van der Waals surface area (Å²) < 4.78 is 34.3. The molecule has 636 valence electrons. The van der Waals surface area contributed by atoms with Crippen LogP contribution in [-0.2, 0) is 27.8 Å². The van der Waals surface area contributed by atoms with Crippen LogP contribution in [0, 0.1) is 20.8 Å². The summed E-state index contributed by atoms with van der Waals surface area (Å²) in [6.45, 7) is 10.1. The minimum absolute atomic E-state index is 0.0308. The van der Waals surface area contributed by atoms with E-state index in [1.165, 1.54) is 70.1 Å². The van der Waals surface area contributed by atoms with Gasteiger partial charge in [-0.15, -0.1) is 25.6 Å². The summed E-state index contributed by atoms with van der Waals surface area (Å²) in [4.78, 5) is 71.3. The number of nitrogens with one attached hydrogen (secondary N) is 6. The molecular formula is C84H80Cl6N26O7S. The van der Waals surface area contributed by atoms with Crippen molar-refractivity contribution >= 4 is 184 Å². The van der Waals surface area contributed by atoms with Crippen molar-refractivity contribution in [2.24, 2.45) is 35.8 Å². The maximum atomic E-state index is 12.9. The zero-order valence-electron chi connectivity index (χ0n) is 66.8. The van der Waals surface area contributed by atoms with E-state index in [0.717, 1.165) is 70.5 Å². The van der Waals surface area contributed by atoms with Crippen molar-refractivity contribution in [3.05, 3.63) is 303 Å². The molecular weight excluding hydrogens is 1730 g/mol. The summed E-state index contributed by atoms with van der Waals surface area (Å²) in [6.07, 6.45) is 14.3. The first-order valence-corrected chi connectivity index (χ1v) is 41.7. The SMILES string of the molecule is CCCCCCc1ccc(Nc2nc(Nc3ccc(C)c(N=Nc4c[nH]n(-c5ccccc5Cl)c4=O)c3)[nH]c(=O)n2)cc1.CCCc1c(N=Nc2cc(N)ccc2C)cnn1-c1ccccc1Cl.Cc1ccc(Nc2nc(Cl)nc(Cl)n2)cc1N=Nc1c[nH]n(-c2ccccc2Cl)c1=O.Nc1ccc(S(=O)(=O)O)c(N)c1.O=C1CC=NN1c1ccccc1Cl. The lowest BCUT2D eigenvalue weighted by molar-refractivity contribution is -0.116. The zero-order valence-corrected chi connectivity index (χ0v) is 72.2. The molecule has 0 radical (unpaired) electrons. The van der Waals surface area contributed by atoms with Gasteiger partial charge >= 0.3 is 5.69 Å². The molecule has 9 aromatic carbocycles. The number of hydrogen-bond acceptors (Lipinski definition) is 25. The second-order valence-electron chi connectivity index (χ2n) is 27.1. The van der Waals surface area contributed by atoms with Crippen LogP contribution in [0.3, 0.4) is 0 Å². The van der Waals surface area contributed by atoms with Crippen LogP contribution >= 0.6 is 69.6 Å². The molecule has 0 saturated carbocycles. The van der Waals surface area contributed by atoms with Gasteiger partial charge < -0.3 is 33.2 Å². The van der Waals surface area contributed by atoms with Crippen LogP contribution < -0.4 is 55.0 Å². The number of H-pyrrole nitrogens is 3. The summed E-state index contributed by atoms with van der Waals surface area (Å²) in [7, 11) is -4.23. The van der Waals surface area contributed by atoms with Gasteiger partial charge in [-0.05, 0) is 201 Å². The van der Waals surface area contributed by atoms with E-state index in [2.05, 4.69) is 123 Å². The first-order chi connectivity index (χ1) is 59.6. The van der Waals surface area contributed by atoms with Crippen molar-refractivity contribution < 1.29 is 17.8 Å². The number of carbonyl (C=O) groups excluding carboxylic acids is 1. The first kappa shape index (κ1) is 91.2. The Morgan fingerprint density at radius 2 is 0.944 bits per heavy atom. The number of rotatable bonds is 24. The number of nitrogen functional groups attached to an aromatic ring is 3. The van der Waals surface area contributed by atoms with Gasteiger partial charge in [0.15, 0.2) is 11.4 Å². The van der Waals surface area contributed by atoms with Gasteiger partial charge in [0.25, 0.3) is 27.1 Å². The third-order valence-corrected chi connectivity index (χ3v) is 20.5. The number of azo groups is 3. The van der Waals surface area contributed by atoms with Crippen LogP contribution in [0.1, 0.15) is 80.3 Å². The zero-order chi connectivity index (χ0) is 88.6. The molecule has 1 amide bonds. The van der Waals surface area contributed by atoms with Gasteiger partial charge in [-0.3, -0.25) is 34.1 Å². The maximum absolute atomic E-state index is 12.9. The van der Waals surface area contributed by atoms with Crippen molar-refractivity contribution in [2.45, 2.75) is 90.9 Å².